The predicted molar refractivity (Wildman–Crippen MR) is 116 cm³/mol. The van der Waals surface area contributed by atoms with Crippen LogP contribution in [-0.4, -0.2) is 20.9 Å². The maximum Gasteiger partial charge on any atom is 0.332 e. The SMILES string of the molecule is O=C(COc1ccc(Cl)c(Cl)c1)Nc1ccc[n+](Cc2c(Cl)cccc2S(=O)(=O)F)c1.[Br-]. The quantitative estimate of drug-likeness (QED) is 0.339. The standard InChI is InChI=1S/C20H14Cl3FN2O4S.BrH/c21-16-4-1-5-19(31(24,28)29)15(16)11-26-8-2-3-13(10-26)25-20(27)12-30-14-6-7-17(22)18(23)9-14;/h1-10H,11-12H2;1H. The van der Waals surface area contributed by atoms with E-state index in [9.17, 15) is 17.1 Å². The second kappa shape index (κ2) is 11.3. The van der Waals surface area contributed by atoms with Crippen LogP contribution in [0, 0.1) is 0 Å². The van der Waals surface area contributed by atoms with Crippen LogP contribution in [0.2, 0.25) is 15.1 Å². The van der Waals surface area contributed by atoms with Crippen LogP contribution in [0.15, 0.2) is 65.8 Å². The number of nitrogens with one attached hydrogen (secondary N) is 1. The van der Waals surface area contributed by atoms with Crippen molar-refractivity contribution in [1.82, 2.24) is 0 Å². The van der Waals surface area contributed by atoms with Gasteiger partial charge in [0.05, 0.1) is 20.6 Å². The third-order valence-corrected chi connectivity index (χ3v) is 6.08. The lowest BCUT2D eigenvalue weighted by atomic mass is 10.2. The Morgan fingerprint density at radius 2 is 1.78 bits per heavy atom. The maximum absolute atomic E-state index is 13.6. The van der Waals surface area contributed by atoms with E-state index < -0.39 is 21.0 Å². The van der Waals surface area contributed by atoms with E-state index in [1.807, 2.05) is 0 Å². The summed E-state index contributed by atoms with van der Waals surface area (Å²) in [6.07, 6.45) is 3.18. The van der Waals surface area contributed by atoms with Gasteiger partial charge in [-0.3, -0.25) is 4.79 Å². The van der Waals surface area contributed by atoms with Crippen molar-refractivity contribution in [3.8, 4) is 5.75 Å². The summed E-state index contributed by atoms with van der Waals surface area (Å²) in [5.74, 6) is -0.0556. The first-order chi connectivity index (χ1) is 14.6. The maximum atomic E-state index is 13.6. The van der Waals surface area contributed by atoms with Gasteiger partial charge in [0.1, 0.15) is 16.3 Å². The van der Waals surface area contributed by atoms with Gasteiger partial charge in [-0.05, 0) is 30.3 Å². The van der Waals surface area contributed by atoms with Gasteiger partial charge in [0.15, 0.2) is 25.5 Å². The fraction of sp³-hybridized carbons (Fsp3) is 0.100. The molecule has 0 unspecified atom stereocenters. The molecule has 0 fully saturated rings. The van der Waals surface area contributed by atoms with Gasteiger partial charge in [-0.15, -0.1) is 3.89 Å². The first kappa shape index (κ1) is 26.3. The molecule has 0 spiro atoms. The van der Waals surface area contributed by atoms with Crippen LogP contribution >= 0.6 is 34.8 Å². The number of anilines is 1. The van der Waals surface area contributed by atoms with Gasteiger partial charge >= 0.3 is 10.2 Å². The first-order valence-electron chi connectivity index (χ1n) is 8.72. The van der Waals surface area contributed by atoms with Gasteiger partial charge in [0, 0.05) is 12.1 Å². The molecule has 0 aliphatic rings. The molecule has 2 aromatic carbocycles. The molecule has 0 atom stereocenters. The van der Waals surface area contributed by atoms with Crippen LogP contribution in [0.3, 0.4) is 0 Å². The summed E-state index contributed by atoms with van der Waals surface area (Å²) in [4.78, 5) is 11.7. The third-order valence-electron chi connectivity index (χ3n) is 4.08. The monoisotopic (exact) mass is 582 g/mol. The Balaban J connectivity index is 0.00000363. The number of benzene rings is 2. The van der Waals surface area contributed by atoms with Crippen LogP contribution in [0.25, 0.3) is 0 Å². The lowest BCUT2D eigenvalue weighted by Gasteiger charge is -2.09. The molecular weight excluding hydrogens is 570 g/mol. The highest BCUT2D eigenvalue weighted by Gasteiger charge is 2.22. The summed E-state index contributed by atoms with van der Waals surface area (Å²) < 4.78 is 43.4. The van der Waals surface area contributed by atoms with Crippen LogP contribution in [-0.2, 0) is 21.6 Å². The van der Waals surface area contributed by atoms with E-state index in [4.69, 9.17) is 39.5 Å². The lowest BCUT2D eigenvalue weighted by Crippen LogP contribution is -3.00. The van der Waals surface area contributed by atoms with Crippen LogP contribution < -0.4 is 31.6 Å². The fourth-order valence-electron chi connectivity index (χ4n) is 2.71. The average Bonchev–Trinajstić information content (AvgIpc) is 2.70. The lowest BCUT2D eigenvalue weighted by molar-refractivity contribution is -0.688. The molecule has 1 aromatic heterocycles. The highest BCUT2D eigenvalue weighted by Crippen LogP contribution is 2.27. The Hall–Kier alpha value is -1.91. The second-order valence-electron chi connectivity index (χ2n) is 6.33. The zero-order valence-corrected chi connectivity index (χ0v) is 20.7. The van der Waals surface area contributed by atoms with Crippen molar-refractivity contribution in [2.24, 2.45) is 0 Å². The number of halogens is 5. The normalized spacial score (nSPS) is 10.9. The molecule has 32 heavy (non-hydrogen) atoms. The van der Waals surface area contributed by atoms with Crippen LogP contribution in [0.1, 0.15) is 5.56 Å². The van der Waals surface area contributed by atoms with Crippen LogP contribution in [0.4, 0.5) is 9.57 Å². The van der Waals surface area contributed by atoms with Crippen molar-refractivity contribution in [2.45, 2.75) is 11.4 Å². The van der Waals surface area contributed by atoms with Gasteiger partial charge < -0.3 is 27.0 Å². The van der Waals surface area contributed by atoms with Crippen molar-refractivity contribution in [1.29, 1.82) is 0 Å². The minimum atomic E-state index is -4.95. The Bertz CT molecular complexity index is 1250. The molecule has 3 aromatic rings. The molecule has 1 heterocycles. The van der Waals surface area contributed by atoms with Crippen molar-refractivity contribution in [3.63, 3.8) is 0 Å². The van der Waals surface area contributed by atoms with E-state index in [1.54, 1.807) is 41.2 Å². The van der Waals surface area contributed by atoms with Gasteiger partial charge in [-0.25, -0.2) is 0 Å². The van der Waals surface area contributed by atoms with Gasteiger partial charge in [0.25, 0.3) is 5.91 Å². The van der Waals surface area contributed by atoms with E-state index in [0.717, 1.165) is 6.07 Å². The molecule has 0 aliphatic carbocycles. The summed E-state index contributed by atoms with van der Waals surface area (Å²) in [5, 5.41) is 3.44. The zero-order chi connectivity index (χ0) is 22.6. The number of hydrogen-bond donors (Lipinski definition) is 1. The van der Waals surface area contributed by atoms with Crippen molar-refractivity contribution >= 4 is 56.6 Å². The Labute approximate surface area is 209 Å². The molecule has 0 aliphatic heterocycles. The summed E-state index contributed by atoms with van der Waals surface area (Å²) in [6, 6.07) is 11.9. The Morgan fingerprint density at radius 3 is 2.47 bits per heavy atom. The number of rotatable bonds is 7. The van der Waals surface area contributed by atoms with Crippen molar-refractivity contribution in [2.75, 3.05) is 11.9 Å². The van der Waals surface area contributed by atoms with Gasteiger partial charge in [-0.2, -0.15) is 13.0 Å². The highest BCUT2D eigenvalue weighted by molar-refractivity contribution is 7.86. The molecule has 0 saturated carbocycles. The van der Waals surface area contributed by atoms with E-state index in [-0.39, 0.29) is 40.7 Å². The number of ether oxygens (including phenoxy) is 1. The predicted octanol–water partition coefficient (Wildman–Crippen LogP) is 1.66. The van der Waals surface area contributed by atoms with Crippen molar-refractivity contribution < 1.29 is 43.4 Å². The number of nitrogens with zero attached hydrogens (tertiary/aromatic N) is 1. The molecular formula is C20H15BrCl3FN2O4S. The van der Waals surface area contributed by atoms with E-state index in [2.05, 4.69) is 5.32 Å². The molecule has 6 nitrogen and oxygen atoms in total. The minimum Gasteiger partial charge on any atom is -1.00 e. The molecule has 12 heteroatoms. The zero-order valence-electron chi connectivity index (χ0n) is 16.1. The minimum absolute atomic E-state index is 0. The molecule has 0 bridgehead atoms. The topological polar surface area (TPSA) is 76.3 Å². The Morgan fingerprint density at radius 1 is 1.03 bits per heavy atom. The molecule has 3 rings (SSSR count). The number of hydrogen-bond acceptors (Lipinski definition) is 4. The highest BCUT2D eigenvalue weighted by atomic mass is 79.9. The largest absolute Gasteiger partial charge is 1.00 e. The smallest absolute Gasteiger partial charge is 0.332 e. The number of amides is 1. The van der Waals surface area contributed by atoms with Crippen LogP contribution in [0.5, 0.6) is 5.75 Å². The molecule has 170 valence electrons. The van der Waals surface area contributed by atoms with E-state index >= 15 is 0 Å². The number of carbonyl (C=O) groups excluding carboxylic acids is 1. The van der Waals surface area contributed by atoms with Gasteiger partial charge in [0.2, 0.25) is 0 Å². The Kier molecular flexibility index (Phi) is 9.29. The van der Waals surface area contributed by atoms with Gasteiger partial charge in [-0.1, -0.05) is 40.9 Å². The molecule has 0 radical (unpaired) electrons. The summed E-state index contributed by atoms with van der Waals surface area (Å²) in [6.45, 7) is -0.302. The number of pyridine rings is 1. The molecule has 1 N–H and O–H groups in total. The fourth-order valence-corrected chi connectivity index (χ4v) is 4.00. The number of carbonyl (C=O) groups is 1. The number of aromatic nitrogens is 1. The summed E-state index contributed by atoms with van der Waals surface area (Å²) >= 11 is 17.8. The second-order valence-corrected chi connectivity index (χ2v) is 8.87. The first-order valence-corrected chi connectivity index (χ1v) is 11.2. The average molecular weight is 585 g/mol. The third kappa shape index (κ3) is 7.05. The van der Waals surface area contributed by atoms with Crippen molar-refractivity contribution in [3.05, 3.63) is 81.6 Å². The van der Waals surface area contributed by atoms with E-state index in [1.165, 1.54) is 18.2 Å². The molecule has 0 saturated heterocycles. The molecule has 1 amide bonds. The summed E-state index contributed by atoms with van der Waals surface area (Å²) in [7, 11) is -4.95. The van der Waals surface area contributed by atoms with E-state index in [0.29, 0.717) is 21.5 Å². The summed E-state index contributed by atoms with van der Waals surface area (Å²) in [5.41, 5.74) is 0.519.